The van der Waals surface area contributed by atoms with Gasteiger partial charge in [0.25, 0.3) is 5.91 Å². The topological polar surface area (TPSA) is 83.1 Å². The van der Waals surface area contributed by atoms with Gasteiger partial charge in [0.1, 0.15) is 11.6 Å². The molecule has 0 aliphatic carbocycles. The Bertz CT molecular complexity index is 902. The summed E-state index contributed by atoms with van der Waals surface area (Å²) in [5.74, 6) is -2.89. The number of benzene rings is 2. The molecule has 0 saturated heterocycles. The number of halogens is 3. The molecule has 1 heterocycles. The molecule has 142 valence electrons. The fourth-order valence-electron chi connectivity index (χ4n) is 2.22. The van der Waals surface area contributed by atoms with E-state index in [9.17, 15) is 22.8 Å². The molecule has 7 nitrogen and oxygen atoms in total. The molecule has 2 aromatic carbocycles. The standard InChI is InChI=1S/C17H12F3NO6/c1-24-10-3-4-11(12(18)7-10)16(23)25-8-15(22)21-9-2-5-13-14(6-9)27-17(19,20)26-13/h2-7H,8H2,1H3,(H,21,22). The van der Waals surface area contributed by atoms with E-state index in [1.54, 1.807) is 0 Å². The van der Waals surface area contributed by atoms with Crippen LogP contribution >= 0.6 is 0 Å². The number of esters is 1. The number of rotatable bonds is 5. The summed E-state index contributed by atoms with van der Waals surface area (Å²) in [6.07, 6.45) is -3.77. The summed E-state index contributed by atoms with van der Waals surface area (Å²) in [7, 11) is 1.34. The minimum absolute atomic E-state index is 0.117. The van der Waals surface area contributed by atoms with Gasteiger partial charge in [-0.15, -0.1) is 8.78 Å². The van der Waals surface area contributed by atoms with Crippen LogP contribution in [0.3, 0.4) is 0 Å². The molecular formula is C17H12F3NO6. The Hall–Kier alpha value is -3.43. The molecule has 0 spiro atoms. The molecule has 10 heteroatoms. The van der Waals surface area contributed by atoms with Crippen LogP contribution in [-0.4, -0.2) is 31.9 Å². The lowest BCUT2D eigenvalue weighted by Gasteiger charge is -2.08. The van der Waals surface area contributed by atoms with Crippen molar-refractivity contribution < 1.29 is 41.7 Å². The zero-order chi connectivity index (χ0) is 19.6. The maximum Gasteiger partial charge on any atom is 0.586 e. The lowest BCUT2D eigenvalue weighted by molar-refractivity contribution is -0.286. The lowest BCUT2D eigenvalue weighted by Crippen LogP contribution is -2.25. The SMILES string of the molecule is COc1ccc(C(=O)OCC(=O)Nc2ccc3c(c2)OC(F)(F)O3)c(F)c1. The van der Waals surface area contributed by atoms with E-state index in [2.05, 4.69) is 14.8 Å². The number of ether oxygens (including phenoxy) is 4. The Morgan fingerprint density at radius 1 is 1.11 bits per heavy atom. The Morgan fingerprint density at radius 3 is 2.56 bits per heavy atom. The van der Waals surface area contributed by atoms with E-state index in [-0.39, 0.29) is 28.5 Å². The predicted molar refractivity (Wildman–Crippen MR) is 84.5 cm³/mol. The van der Waals surface area contributed by atoms with Gasteiger partial charge < -0.3 is 24.3 Å². The monoisotopic (exact) mass is 383 g/mol. The third-order valence-electron chi connectivity index (χ3n) is 3.42. The van der Waals surface area contributed by atoms with Crippen LogP contribution in [0.1, 0.15) is 10.4 Å². The van der Waals surface area contributed by atoms with Crippen molar-refractivity contribution >= 4 is 17.6 Å². The van der Waals surface area contributed by atoms with Crippen LogP contribution in [0.4, 0.5) is 18.9 Å². The Morgan fingerprint density at radius 2 is 1.85 bits per heavy atom. The van der Waals surface area contributed by atoms with Gasteiger partial charge in [-0.25, -0.2) is 9.18 Å². The molecule has 1 N–H and O–H groups in total. The van der Waals surface area contributed by atoms with Gasteiger partial charge in [-0.2, -0.15) is 0 Å². The van der Waals surface area contributed by atoms with Crippen LogP contribution < -0.4 is 19.5 Å². The number of carbonyl (C=O) groups excluding carboxylic acids is 2. The normalized spacial score (nSPS) is 13.8. The molecule has 1 aliphatic rings. The van der Waals surface area contributed by atoms with E-state index in [1.807, 2.05) is 0 Å². The molecule has 3 rings (SSSR count). The zero-order valence-corrected chi connectivity index (χ0v) is 13.8. The minimum atomic E-state index is -3.77. The highest BCUT2D eigenvalue weighted by atomic mass is 19.3. The van der Waals surface area contributed by atoms with Crippen molar-refractivity contribution in [3.63, 3.8) is 0 Å². The first kappa shape index (κ1) is 18.4. The van der Waals surface area contributed by atoms with Gasteiger partial charge in [-0.05, 0) is 24.3 Å². The summed E-state index contributed by atoms with van der Waals surface area (Å²) in [5.41, 5.74) is -0.249. The van der Waals surface area contributed by atoms with Crippen molar-refractivity contribution in [3.05, 3.63) is 47.8 Å². The number of hydrogen-bond donors (Lipinski definition) is 1. The molecule has 1 aliphatic heterocycles. The van der Waals surface area contributed by atoms with Crippen molar-refractivity contribution in [2.24, 2.45) is 0 Å². The third kappa shape index (κ3) is 4.22. The van der Waals surface area contributed by atoms with Crippen LogP contribution in [0.5, 0.6) is 17.2 Å². The molecular weight excluding hydrogens is 371 g/mol. The number of amides is 1. The highest BCUT2D eigenvalue weighted by Crippen LogP contribution is 2.42. The van der Waals surface area contributed by atoms with Gasteiger partial charge in [0, 0.05) is 17.8 Å². The van der Waals surface area contributed by atoms with E-state index in [1.165, 1.54) is 25.3 Å². The van der Waals surface area contributed by atoms with Crippen molar-refractivity contribution in [1.29, 1.82) is 0 Å². The molecule has 0 aromatic heterocycles. The second kappa shape index (κ2) is 7.06. The molecule has 27 heavy (non-hydrogen) atoms. The first-order chi connectivity index (χ1) is 12.8. The van der Waals surface area contributed by atoms with E-state index < -0.39 is 30.6 Å². The summed E-state index contributed by atoms with van der Waals surface area (Å²) >= 11 is 0. The summed E-state index contributed by atoms with van der Waals surface area (Å²) in [5, 5.41) is 2.33. The zero-order valence-electron chi connectivity index (χ0n) is 13.8. The lowest BCUT2D eigenvalue weighted by atomic mass is 10.2. The van der Waals surface area contributed by atoms with Crippen molar-refractivity contribution in [1.82, 2.24) is 0 Å². The van der Waals surface area contributed by atoms with Gasteiger partial charge >= 0.3 is 12.3 Å². The number of carbonyl (C=O) groups is 2. The number of methoxy groups -OCH3 is 1. The second-order valence-electron chi connectivity index (χ2n) is 5.30. The number of anilines is 1. The van der Waals surface area contributed by atoms with E-state index in [4.69, 9.17) is 9.47 Å². The molecule has 2 aromatic rings. The quantitative estimate of drug-likeness (QED) is 0.800. The van der Waals surface area contributed by atoms with Gasteiger partial charge in [0.05, 0.1) is 12.7 Å². The van der Waals surface area contributed by atoms with E-state index in [0.717, 1.165) is 18.2 Å². The van der Waals surface area contributed by atoms with Gasteiger partial charge in [0.15, 0.2) is 18.1 Å². The van der Waals surface area contributed by atoms with E-state index in [0.29, 0.717) is 0 Å². The molecule has 0 fully saturated rings. The maximum atomic E-state index is 13.8. The van der Waals surface area contributed by atoms with Crippen LogP contribution in [-0.2, 0) is 9.53 Å². The summed E-state index contributed by atoms with van der Waals surface area (Å²) in [6.45, 7) is -0.713. The van der Waals surface area contributed by atoms with Gasteiger partial charge in [-0.1, -0.05) is 0 Å². The largest absolute Gasteiger partial charge is 0.586 e. The summed E-state index contributed by atoms with van der Waals surface area (Å²) in [6, 6.07) is 7.13. The van der Waals surface area contributed by atoms with Crippen LogP contribution in [0.25, 0.3) is 0 Å². The molecule has 0 radical (unpaired) electrons. The number of alkyl halides is 2. The van der Waals surface area contributed by atoms with Crippen molar-refractivity contribution in [2.75, 3.05) is 19.0 Å². The summed E-state index contributed by atoms with van der Waals surface area (Å²) < 4.78 is 57.7. The average molecular weight is 383 g/mol. The average Bonchev–Trinajstić information content (AvgIpc) is 2.92. The van der Waals surface area contributed by atoms with Crippen molar-refractivity contribution in [3.8, 4) is 17.2 Å². The van der Waals surface area contributed by atoms with Gasteiger partial charge in [0.2, 0.25) is 0 Å². The summed E-state index contributed by atoms with van der Waals surface area (Å²) in [4.78, 5) is 23.7. The smallest absolute Gasteiger partial charge is 0.497 e. The Kier molecular flexibility index (Phi) is 4.80. The maximum absolute atomic E-state index is 13.8. The fourth-order valence-corrected chi connectivity index (χ4v) is 2.22. The number of nitrogens with one attached hydrogen (secondary N) is 1. The first-order valence-corrected chi connectivity index (χ1v) is 7.48. The molecule has 0 unspecified atom stereocenters. The number of hydrogen-bond acceptors (Lipinski definition) is 6. The van der Waals surface area contributed by atoms with Crippen molar-refractivity contribution in [2.45, 2.75) is 6.29 Å². The Labute approximate surface area is 150 Å². The van der Waals surface area contributed by atoms with Crippen LogP contribution in [0.15, 0.2) is 36.4 Å². The molecule has 1 amide bonds. The highest BCUT2D eigenvalue weighted by molar-refractivity contribution is 5.95. The predicted octanol–water partition coefficient (Wildman–Crippen LogP) is 2.95. The molecule has 0 atom stereocenters. The molecule has 0 bridgehead atoms. The fraction of sp³-hybridized carbons (Fsp3) is 0.176. The molecule has 0 saturated carbocycles. The Balaban J connectivity index is 1.57. The number of fused-ring (bicyclic) bond motifs is 1. The highest BCUT2D eigenvalue weighted by Gasteiger charge is 2.43. The first-order valence-electron chi connectivity index (χ1n) is 7.48. The third-order valence-corrected chi connectivity index (χ3v) is 3.42. The van der Waals surface area contributed by atoms with E-state index >= 15 is 0 Å². The second-order valence-corrected chi connectivity index (χ2v) is 5.30. The van der Waals surface area contributed by atoms with Crippen LogP contribution in [0.2, 0.25) is 0 Å². The minimum Gasteiger partial charge on any atom is -0.497 e. The van der Waals surface area contributed by atoms with Crippen LogP contribution in [0, 0.1) is 5.82 Å². The van der Waals surface area contributed by atoms with Gasteiger partial charge in [-0.3, -0.25) is 4.79 Å².